The van der Waals surface area contributed by atoms with Crippen molar-refractivity contribution in [1.82, 2.24) is 19.6 Å². The summed E-state index contributed by atoms with van der Waals surface area (Å²) >= 11 is 0. The first kappa shape index (κ1) is 19.8. The predicted octanol–water partition coefficient (Wildman–Crippen LogP) is 2.58. The molecule has 0 saturated carbocycles. The normalized spacial score (nSPS) is 14.5. The van der Waals surface area contributed by atoms with Gasteiger partial charge in [-0.15, -0.1) is 0 Å². The lowest BCUT2D eigenvalue weighted by Gasteiger charge is -2.34. The van der Waals surface area contributed by atoms with Gasteiger partial charge in [0.25, 0.3) is 5.91 Å². The average molecular weight is 403 g/mol. The number of hydrogen-bond acceptors (Lipinski definition) is 4. The van der Waals surface area contributed by atoms with Crippen LogP contribution in [0.1, 0.15) is 16.1 Å². The molecule has 1 aliphatic rings. The Bertz CT molecular complexity index is 1010. The molecule has 0 unspecified atom stereocenters. The topological polar surface area (TPSA) is 70.5 Å². The summed E-state index contributed by atoms with van der Waals surface area (Å²) < 4.78 is 1.74. The Kier molecular flexibility index (Phi) is 5.90. The molecule has 2 heterocycles. The number of benzene rings is 2. The molecule has 2 amide bonds. The molecule has 1 fully saturated rings. The zero-order valence-corrected chi connectivity index (χ0v) is 17.0. The van der Waals surface area contributed by atoms with Gasteiger partial charge in [-0.3, -0.25) is 14.5 Å². The molecule has 0 aliphatic carbocycles. The van der Waals surface area contributed by atoms with Gasteiger partial charge in [-0.1, -0.05) is 36.4 Å². The van der Waals surface area contributed by atoms with Crippen molar-refractivity contribution in [3.63, 3.8) is 0 Å². The molecule has 30 heavy (non-hydrogen) atoms. The van der Waals surface area contributed by atoms with Crippen LogP contribution in [0.3, 0.4) is 0 Å². The van der Waals surface area contributed by atoms with Gasteiger partial charge in [-0.25, -0.2) is 4.68 Å². The molecule has 0 spiro atoms. The van der Waals surface area contributed by atoms with Gasteiger partial charge in [0.2, 0.25) is 5.91 Å². The van der Waals surface area contributed by atoms with Crippen LogP contribution in [0.2, 0.25) is 0 Å². The summed E-state index contributed by atoms with van der Waals surface area (Å²) in [4.78, 5) is 29.1. The number of aryl methyl sites for hydroxylation is 1. The minimum atomic E-state index is -0.0880. The van der Waals surface area contributed by atoms with E-state index in [0.29, 0.717) is 37.6 Å². The Balaban J connectivity index is 1.33. The van der Waals surface area contributed by atoms with E-state index in [1.54, 1.807) is 4.68 Å². The fourth-order valence-electron chi connectivity index (χ4n) is 3.61. The summed E-state index contributed by atoms with van der Waals surface area (Å²) in [6, 6.07) is 20.9. The second kappa shape index (κ2) is 8.92. The zero-order valence-electron chi connectivity index (χ0n) is 17.0. The molecule has 3 aromatic rings. The van der Waals surface area contributed by atoms with Crippen LogP contribution >= 0.6 is 0 Å². The van der Waals surface area contributed by atoms with E-state index < -0.39 is 0 Å². The molecule has 0 bridgehead atoms. The van der Waals surface area contributed by atoms with Crippen LogP contribution in [-0.2, 0) is 4.79 Å². The Morgan fingerprint density at radius 1 is 0.933 bits per heavy atom. The number of carbonyl (C=O) groups excluding carboxylic acids is 2. The molecule has 1 saturated heterocycles. The first-order chi connectivity index (χ1) is 14.6. The van der Waals surface area contributed by atoms with Crippen LogP contribution in [0.25, 0.3) is 5.69 Å². The summed E-state index contributed by atoms with van der Waals surface area (Å²) in [6.45, 7) is 4.75. The maximum atomic E-state index is 12.6. The van der Waals surface area contributed by atoms with Gasteiger partial charge in [0.1, 0.15) is 5.82 Å². The van der Waals surface area contributed by atoms with Crippen molar-refractivity contribution in [3.05, 3.63) is 78.0 Å². The van der Waals surface area contributed by atoms with Gasteiger partial charge in [-0.05, 0) is 31.2 Å². The number of nitrogens with one attached hydrogen (secondary N) is 1. The second-order valence-electron chi connectivity index (χ2n) is 7.40. The van der Waals surface area contributed by atoms with Crippen molar-refractivity contribution < 1.29 is 9.59 Å². The third-order valence-electron chi connectivity index (χ3n) is 5.15. The molecule has 0 radical (unpaired) electrons. The van der Waals surface area contributed by atoms with Crippen molar-refractivity contribution in [3.8, 4) is 5.69 Å². The highest BCUT2D eigenvalue weighted by Crippen LogP contribution is 2.17. The monoisotopic (exact) mass is 403 g/mol. The van der Waals surface area contributed by atoms with Gasteiger partial charge in [0.15, 0.2) is 0 Å². The van der Waals surface area contributed by atoms with Gasteiger partial charge in [-0.2, -0.15) is 5.10 Å². The lowest BCUT2D eigenvalue weighted by Crippen LogP contribution is -2.50. The molecule has 0 atom stereocenters. The summed E-state index contributed by atoms with van der Waals surface area (Å²) in [6.07, 6.45) is 0. The van der Waals surface area contributed by atoms with Gasteiger partial charge in [0.05, 0.1) is 17.9 Å². The van der Waals surface area contributed by atoms with E-state index in [9.17, 15) is 9.59 Å². The molecule has 154 valence electrons. The molecular formula is C23H25N5O2. The molecule has 1 aromatic heterocycles. The van der Waals surface area contributed by atoms with E-state index in [2.05, 4.69) is 15.3 Å². The summed E-state index contributed by atoms with van der Waals surface area (Å²) in [5, 5.41) is 7.46. The standard InChI is InChI=1S/C23H25N5O2/c1-18-16-21(28(25-18)20-10-6-3-7-11-20)24-22(29)17-26-12-14-27(15-13-26)23(30)19-8-4-2-5-9-19/h2-11,16H,12-15,17H2,1H3,(H,24,29). The highest BCUT2D eigenvalue weighted by molar-refractivity contribution is 5.94. The SMILES string of the molecule is Cc1cc(NC(=O)CN2CCN(C(=O)c3ccccc3)CC2)n(-c2ccccc2)n1. The smallest absolute Gasteiger partial charge is 0.253 e. The Morgan fingerprint density at radius 3 is 2.23 bits per heavy atom. The van der Waals surface area contributed by atoms with E-state index in [1.807, 2.05) is 78.6 Å². The first-order valence-electron chi connectivity index (χ1n) is 10.1. The third-order valence-corrected chi connectivity index (χ3v) is 5.15. The van der Waals surface area contributed by atoms with Crippen molar-refractivity contribution >= 4 is 17.6 Å². The van der Waals surface area contributed by atoms with E-state index in [4.69, 9.17) is 0 Å². The van der Waals surface area contributed by atoms with Crippen LogP contribution in [0.15, 0.2) is 66.7 Å². The number of piperazine rings is 1. The number of hydrogen-bond donors (Lipinski definition) is 1. The van der Waals surface area contributed by atoms with Crippen LogP contribution in [0.4, 0.5) is 5.82 Å². The first-order valence-corrected chi connectivity index (χ1v) is 10.1. The number of carbonyl (C=O) groups is 2. The quantitative estimate of drug-likeness (QED) is 0.711. The largest absolute Gasteiger partial charge is 0.336 e. The molecule has 4 rings (SSSR count). The molecule has 1 N–H and O–H groups in total. The molecule has 1 aliphatic heterocycles. The minimum Gasteiger partial charge on any atom is -0.336 e. The van der Waals surface area contributed by atoms with Crippen LogP contribution in [-0.4, -0.2) is 64.1 Å². The number of amides is 2. The Labute approximate surface area is 175 Å². The lowest BCUT2D eigenvalue weighted by molar-refractivity contribution is -0.117. The van der Waals surface area contributed by atoms with E-state index in [1.165, 1.54) is 0 Å². The average Bonchev–Trinajstić information content (AvgIpc) is 3.14. The fourth-order valence-corrected chi connectivity index (χ4v) is 3.61. The lowest BCUT2D eigenvalue weighted by atomic mass is 10.2. The van der Waals surface area contributed by atoms with E-state index in [0.717, 1.165) is 11.4 Å². The number of nitrogens with zero attached hydrogens (tertiary/aromatic N) is 4. The highest BCUT2D eigenvalue weighted by atomic mass is 16.2. The van der Waals surface area contributed by atoms with Crippen LogP contribution in [0, 0.1) is 6.92 Å². The zero-order chi connectivity index (χ0) is 20.9. The summed E-state index contributed by atoms with van der Waals surface area (Å²) in [5.41, 5.74) is 2.43. The van der Waals surface area contributed by atoms with Gasteiger partial charge >= 0.3 is 0 Å². The van der Waals surface area contributed by atoms with Crippen LogP contribution in [0.5, 0.6) is 0 Å². The van der Waals surface area contributed by atoms with Gasteiger partial charge < -0.3 is 10.2 Å². The molecule has 2 aromatic carbocycles. The predicted molar refractivity (Wildman–Crippen MR) is 116 cm³/mol. The van der Waals surface area contributed by atoms with Crippen LogP contribution < -0.4 is 5.32 Å². The third kappa shape index (κ3) is 4.58. The summed E-state index contributed by atoms with van der Waals surface area (Å²) in [7, 11) is 0. The summed E-state index contributed by atoms with van der Waals surface area (Å²) in [5.74, 6) is 0.610. The maximum absolute atomic E-state index is 12.6. The number of anilines is 1. The highest BCUT2D eigenvalue weighted by Gasteiger charge is 2.23. The van der Waals surface area contributed by atoms with Gasteiger partial charge in [0, 0.05) is 37.8 Å². The number of rotatable bonds is 5. The number of para-hydroxylation sites is 1. The maximum Gasteiger partial charge on any atom is 0.253 e. The van der Waals surface area contributed by atoms with Crippen molar-refractivity contribution in [2.24, 2.45) is 0 Å². The number of aromatic nitrogens is 2. The minimum absolute atomic E-state index is 0.0435. The molecular weight excluding hydrogens is 378 g/mol. The fraction of sp³-hybridized carbons (Fsp3) is 0.261. The van der Waals surface area contributed by atoms with Crippen molar-refractivity contribution in [1.29, 1.82) is 0 Å². The van der Waals surface area contributed by atoms with E-state index >= 15 is 0 Å². The van der Waals surface area contributed by atoms with Crippen molar-refractivity contribution in [2.45, 2.75) is 6.92 Å². The Morgan fingerprint density at radius 2 is 1.57 bits per heavy atom. The van der Waals surface area contributed by atoms with Crippen molar-refractivity contribution in [2.75, 3.05) is 38.0 Å². The second-order valence-corrected chi connectivity index (χ2v) is 7.40. The molecule has 7 nitrogen and oxygen atoms in total. The van der Waals surface area contributed by atoms with E-state index in [-0.39, 0.29) is 18.4 Å². The molecule has 7 heteroatoms. The Hall–Kier alpha value is -3.45.